The van der Waals surface area contributed by atoms with Crippen LogP contribution in [0.5, 0.6) is 0 Å². The second kappa shape index (κ2) is 9.95. The van der Waals surface area contributed by atoms with Crippen molar-refractivity contribution in [2.75, 3.05) is 36.0 Å². The zero-order valence-electron chi connectivity index (χ0n) is 19.4. The molecule has 10 nitrogen and oxygen atoms in total. The molecule has 2 aromatic rings. The fraction of sp³-hybridized carbons (Fsp3) is 0.360. The fourth-order valence-electron chi connectivity index (χ4n) is 4.56. The van der Waals surface area contributed by atoms with E-state index in [1.54, 1.807) is 24.0 Å². The molecule has 2 aliphatic heterocycles. The first-order valence-electron chi connectivity index (χ1n) is 11.5. The summed E-state index contributed by atoms with van der Waals surface area (Å²) in [6, 6.07) is 11.3. The minimum absolute atomic E-state index is 0.0115. The van der Waals surface area contributed by atoms with E-state index in [9.17, 15) is 24.8 Å². The van der Waals surface area contributed by atoms with Crippen molar-refractivity contribution < 1.29 is 24.7 Å². The van der Waals surface area contributed by atoms with Crippen molar-refractivity contribution in [1.29, 1.82) is 0 Å². The first kappa shape index (κ1) is 24.5. The van der Waals surface area contributed by atoms with Gasteiger partial charge in [0.25, 0.3) is 11.6 Å². The van der Waals surface area contributed by atoms with Gasteiger partial charge in [0, 0.05) is 49.0 Å². The van der Waals surface area contributed by atoms with E-state index in [0.29, 0.717) is 25.2 Å². The molecule has 0 aromatic heterocycles. The van der Waals surface area contributed by atoms with E-state index in [1.165, 1.54) is 23.1 Å². The third-order valence-electron chi connectivity index (χ3n) is 6.52. The van der Waals surface area contributed by atoms with E-state index in [4.69, 9.17) is 5.11 Å². The minimum Gasteiger partial charge on any atom is -0.396 e. The molecule has 184 valence electrons. The number of hydrogen-bond acceptors (Lipinski definition) is 7. The lowest BCUT2D eigenvalue weighted by Gasteiger charge is -2.28. The molecule has 2 aromatic carbocycles. The standard InChI is InChI=1S/C25H28N4O6/c1-17(4-2-3-13-30)25(33)21-14-20(29(34)35)9-10-22(21)28(24(25)32)16-18-5-7-19(8-6-18)27-12-11-26-15-23(27)31/h2,4-10,14,17,26,30,33H,3,11-13,15-16H2,1H3/b4-2+/t17-,25+/m0/s1. The molecule has 2 heterocycles. The smallest absolute Gasteiger partial charge is 0.269 e. The molecule has 3 N–H and O–H groups in total. The summed E-state index contributed by atoms with van der Waals surface area (Å²) in [7, 11) is 0. The third-order valence-corrected chi connectivity index (χ3v) is 6.52. The summed E-state index contributed by atoms with van der Waals surface area (Å²) in [6.45, 7) is 3.31. The summed E-state index contributed by atoms with van der Waals surface area (Å²) in [5, 5.41) is 35.1. The van der Waals surface area contributed by atoms with Gasteiger partial charge in [-0.3, -0.25) is 19.7 Å². The molecule has 1 saturated heterocycles. The number of benzene rings is 2. The zero-order valence-corrected chi connectivity index (χ0v) is 19.4. The molecule has 4 rings (SSSR count). The SMILES string of the molecule is C[C@@H](/C=C/CCO)[C@]1(O)C(=O)N(Cc2ccc(N3CCNCC3=O)cc2)c2ccc([N+](=O)[O-])cc21. The molecule has 10 heteroatoms. The van der Waals surface area contributed by atoms with Gasteiger partial charge in [0.2, 0.25) is 5.91 Å². The lowest BCUT2D eigenvalue weighted by Crippen LogP contribution is -2.48. The monoisotopic (exact) mass is 480 g/mol. The molecule has 0 bridgehead atoms. The minimum atomic E-state index is -1.99. The van der Waals surface area contributed by atoms with Crippen LogP contribution in [-0.4, -0.2) is 53.2 Å². The highest BCUT2D eigenvalue weighted by atomic mass is 16.6. The van der Waals surface area contributed by atoms with E-state index < -0.39 is 22.3 Å². The van der Waals surface area contributed by atoms with Crippen LogP contribution in [0.4, 0.5) is 17.1 Å². The van der Waals surface area contributed by atoms with Crippen molar-refractivity contribution in [3.63, 3.8) is 0 Å². The molecule has 0 spiro atoms. The lowest BCUT2D eigenvalue weighted by molar-refractivity contribution is -0.385. The number of nitrogens with zero attached hydrogens (tertiary/aromatic N) is 3. The Balaban J connectivity index is 1.65. The van der Waals surface area contributed by atoms with Crippen molar-refractivity contribution >= 4 is 28.9 Å². The van der Waals surface area contributed by atoms with Crippen LogP contribution in [0.15, 0.2) is 54.6 Å². The van der Waals surface area contributed by atoms with E-state index in [2.05, 4.69) is 5.32 Å². The highest BCUT2D eigenvalue weighted by Gasteiger charge is 2.53. The van der Waals surface area contributed by atoms with Crippen LogP contribution in [0, 0.1) is 16.0 Å². The summed E-state index contributed by atoms with van der Waals surface area (Å²) in [5.41, 5.74) is -0.0634. The number of piperazine rings is 1. The summed E-state index contributed by atoms with van der Waals surface area (Å²) in [5.74, 6) is -1.27. The molecule has 0 radical (unpaired) electrons. The first-order chi connectivity index (χ1) is 16.8. The quantitative estimate of drug-likeness (QED) is 0.298. The van der Waals surface area contributed by atoms with Gasteiger partial charge in [-0.2, -0.15) is 0 Å². The Kier molecular flexibility index (Phi) is 6.97. The second-order valence-corrected chi connectivity index (χ2v) is 8.73. The lowest BCUT2D eigenvalue weighted by atomic mass is 9.82. The number of aliphatic hydroxyl groups excluding tert-OH is 1. The number of nitro groups is 1. The number of carbonyl (C=O) groups is 2. The van der Waals surface area contributed by atoms with Crippen LogP contribution in [0.2, 0.25) is 0 Å². The maximum absolute atomic E-state index is 13.6. The molecule has 2 atom stereocenters. The molecule has 0 aliphatic carbocycles. The van der Waals surface area contributed by atoms with Crippen molar-refractivity contribution in [1.82, 2.24) is 5.32 Å². The highest BCUT2D eigenvalue weighted by molar-refractivity contribution is 6.07. The Bertz CT molecular complexity index is 1170. The molecule has 0 saturated carbocycles. The average molecular weight is 481 g/mol. The van der Waals surface area contributed by atoms with Crippen LogP contribution >= 0.6 is 0 Å². The third kappa shape index (κ3) is 4.55. The maximum Gasteiger partial charge on any atom is 0.269 e. The summed E-state index contributed by atoms with van der Waals surface area (Å²) < 4.78 is 0. The van der Waals surface area contributed by atoms with Gasteiger partial charge in [-0.25, -0.2) is 0 Å². The van der Waals surface area contributed by atoms with Crippen molar-refractivity contribution in [3.05, 3.63) is 75.9 Å². The number of aliphatic hydroxyl groups is 2. The number of nitrogens with one attached hydrogen (secondary N) is 1. The first-order valence-corrected chi connectivity index (χ1v) is 11.5. The van der Waals surface area contributed by atoms with Gasteiger partial charge < -0.3 is 25.3 Å². The van der Waals surface area contributed by atoms with Crippen molar-refractivity contribution in [2.45, 2.75) is 25.5 Å². The van der Waals surface area contributed by atoms with Crippen LogP contribution in [-0.2, 0) is 21.7 Å². The number of anilines is 2. The number of amides is 2. The Hall–Kier alpha value is -3.60. The number of non-ortho nitro benzene ring substituents is 1. The van der Waals surface area contributed by atoms with Gasteiger partial charge in [0.15, 0.2) is 5.60 Å². The number of carbonyl (C=O) groups excluding carboxylic acids is 2. The van der Waals surface area contributed by atoms with Gasteiger partial charge in [0.1, 0.15) is 0 Å². The second-order valence-electron chi connectivity index (χ2n) is 8.73. The largest absolute Gasteiger partial charge is 0.396 e. The van der Waals surface area contributed by atoms with E-state index >= 15 is 0 Å². The van der Waals surface area contributed by atoms with Crippen LogP contribution < -0.4 is 15.1 Å². The normalized spacial score (nSPS) is 21.0. The topological polar surface area (TPSA) is 136 Å². The van der Waals surface area contributed by atoms with E-state index in [0.717, 1.165) is 11.3 Å². The van der Waals surface area contributed by atoms with Gasteiger partial charge in [-0.15, -0.1) is 0 Å². The van der Waals surface area contributed by atoms with Gasteiger partial charge in [-0.1, -0.05) is 31.2 Å². The number of nitro benzene ring substituents is 1. The molecular weight excluding hydrogens is 452 g/mol. The Morgan fingerprint density at radius 3 is 2.63 bits per heavy atom. The fourth-order valence-corrected chi connectivity index (χ4v) is 4.56. The molecular formula is C25H28N4O6. The molecule has 2 amide bonds. The van der Waals surface area contributed by atoms with Gasteiger partial charge >= 0.3 is 0 Å². The van der Waals surface area contributed by atoms with E-state index in [-0.39, 0.29) is 36.9 Å². The summed E-state index contributed by atoms with van der Waals surface area (Å²) in [6.07, 6.45) is 3.67. The molecule has 1 fully saturated rings. The summed E-state index contributed by atoms with van der Waals surface area (Å²) >= 11 is 0. The Morgan fingerprint density at radius 2 is 1.97 bits per heavy atom. The van der Waals surface area contributed by atoms with Gasteiger partial charge in [0.05, 0.1) is 23.7 Å². The van der Waals surface area contributed by atoms with Crippen molar-refractivity contribution in [3.8, 4) is 0 Å². The highest BCUT2D eigenvalue weighted by Crippen LogP contribution is 2.47. The predicted octanol–water partition coefficient (Wildman–Crippen LogP) is 1.84. The Morgan fingerprint density at radius 1 is 1.23 bits per heavy atom. The molecule has 0 unspecified atom stereocenters. The average Bonchev–Trinajstić information content (AvgIpc) is 3.07. The number of fused-ring (bicyclic) bond motifs is 1. The Labute approximate surface area is 202 Å². The molecule has 2 aliphatic rings. The maximum atomic E-state index is 13.6. The predicted molar refractivity (Wildman–Crippen MR) is 130 cm³/mol. The number of rotatable bonds is 8. The molecule has 35 heavy (non-hydrogen) atoms. The van der Waals surface area contributed by atoms with Crippen LogP contribution in [0.1, 0.15) is 24.5 Å². The van der Waals surface area contributed by atoms with Crippen LogP contribution in [0.25, 0.3) is 0 Å². The van der Waals surface area contributed by atoms with Crippen molar-refractivity contribution in [2.24, 2.45) is 5.92 Å². The van der Waals surface area contributed by atoms with E-state index in [1.807, 2.05) is 24.3 Å². The summed E-state index contributed by atoms with van der Waals surface area (Å²) in [4.78, 5) is 39.7. The zero-order chi connectivity index (χ0) is 25.2. The van der Waals surface area contributed by atoms with Crippen LogP contribution in [0.3, 0.4) is 0 Å². The van der Waals surface area contributed by atoms with Gasteiger partial charge in [-0.05, 0) is 30.2 Å². The number of hydrogen-bond donors (Lipinski definition) is 3.